The standard InChI is InChI=1S/C12H15NO4/c1-15-12(14)3-2-6-13-9-4-5-10-11(7-9)17-8-16-10/h4-5,7,13H,2-3,6,8H2,1H3. The van der Waals surface area contributed by atoms with E-state index in [9.17, 15) is 4.79 Å². The molecule has 2 rings (SSSR count). The number of esters is 1. The van der Waals surface area contributed by atoms with Crippen molar-refractivity contribution in [1.82, 2.24) is 0 Å². The number of hydrogen-bond donors (Lipinski definition) is 1. The molecule has 1 heterocycles. The van der Waals surface area contributed by atoms with E-state index < -0.39 is 0 Å². The van der Waals surface area contributed by atoms with Crippen LogP contribution in [0, 0.1) is 0 Å². The normalized spacial score (nSPS) is 12.3. The van der Waals surface area contributed by atoms with Gasteiger partial charge in [0.2, 0.25) is 6.79 Å². The van der Waals surface area contributed by atoms with Gasteiger partial charge in [-0.2, -0.15) is 0 Å². The highest BCUT2D eigenvalue weighted by molar-refractivity contribution is 5.69. The number of nitrogens with one attached hydrogen (secondary N) is 1. The van der Waals surface area contributed by atoms with Gasteiger partial charge in [-0.3, -0.25) is 4.79 Å². The van der Waals surface area contributed by atoms with Crippen molar-refractivity contribution in [3.05, 3.63) is 18.2 Å². The molecule has 1 aromatic rings. The van der Waals surface area contributed by atoms with Gasteiger partial charge in [-0.05, 0) is 18.6 Å². The fraction of sp³-hybridized carbons (Fsp3) is 0.417. The van der Waals surface area contributed by atoms with E-state index in [1.165, 1.54) is 7.11 Å². The van der Waals surface area contributed by atoms with Crippen molar-refractivity contribution in [2.45, 2.75) is 12.8 Å². The van der Waals surface area contributed by atoms with Crippen molar-refractivity contribution in [2.75, 3.05) is 25.8 Å². The van der Waals surface area contributed by atoms with Gasteiger partial charge in [-0.25, -0.2) is 0 Å². The molecule has 5 heteroatoms. The summed E-state index contributed by atoms with van der Waals surface area (Å²) in [6, 6.07) is 5.68. The maximum Gasteiger partial charge on any atom is 0.305 e. The smallest absolute Gasteiger partial charge is 0.305 e. The van der Waals surface area contributed by atoms with Gasteiger partial charge in [0, 0.05) is 24.7 Å². The summed E-state index contributed by atoms with van der Waals surface area (Å²) in [7, 11) is 1.40. The molecule has 0 fully saturated rings. The minimum absolute atomic E-state index is 0.183. The third-order valence-corrected chi connectivity index (χ3v) is 2.49. The molecular formula is C12H15NO4. The van der Waals surface area contributed by atoms with Crippen molar-refractivity contribution in [3.8, 4) is 11.5 Å². The summed E-state index contributed by atoms with van der Waals surface area (Å²) in [5.74, 6) is 1.34. The molecule has 1 N–H and O–H groups in total. The predicted molar refractivity (Wildman–Crippen MR) is 62.3 cm³/mol. The highest BCUT2D eigenvalue weighted by atomic mass is 16.7. The number of fused-ring (bicyclic) bond motifs is 1. The molecule has 1 aliphatic rings. The van der Waals surface area contributed by atoms with E-state index in [1.54, 1.807) is 0 Å². The lowest BCUT2D eigenvalue weighted by Gasteiger charge is -2.06. The number of methoxy groups -OCH3 is 1. The Morgan fingerprint density at radius 3 is 3.06 bits per heavy atom. The molecular weight excluding hydrogens is 222 g/mol. The average Bonchev–Trinajstić information content (AvgIpc) is 2.81. The highest BCUT2D eigenvalue weighted by Crippen LogP contribution is 2.34. The second kappa shape index (κ2) is 5.43. The molecule has 0 saturated carbocycles. The second-order valence-electron chi connectivity index (χ2n) is 3.67. The van der Waals surface area contributed by atoms with Crippen molar-refractivity contribution in [3.63, 3.8) is 0 Å². The SMILES string of the molecule is COC(=O)CCCNc1ccc2c(c1)OCO2. The Labute approximate surface area is 99.7 Å². The van der Waals surface area contributed by atoms with E-state index >= 15 is 0 Å². The molecule has 0 atom stereocenters. The lowest BCUT2D eigenvalue weighted by atomic mass is 10.2. The van der Waals surface area contributed by atoms with Crippen LogP contribution in [0.15, 0.2) is 18.2 Å². The first kappa shape index (κ1) is 11.6. The van der Waals surface area contributed by atoms with Gasteiger partial charge < -0.3 is 19.5 Å². The van der Waals surface area contributed by atoms with Crippen molar-refractivity contribution < 1.29 is 19.0 Å². The molecule has 92 valence electrons. The summed E-state index contributed by atoms with van der Waals surface area (Å²) in [5, 5.41) is 3.21. The van der Waals surface area contributed by atoms with Crippen LogP contribution in [-0.2, 0) is 9.53 Å². The number of benzene rings is 1. The Morgan fingerprint density at radius 2 is 2.24 bits per heavy atom. The number of carbonyl (C=O) groups excluding carboxylic acids is 1. The summed E-state index contributed by atoms with van der Waals surface area (Å²) < 4.78 is 15.0. The van der Waals surface area contributed by atoms with Crippen LogP contribution in [-0.4, -0.2) is 26.4 Å². The summed E-state index contributed by atoms with van der Waals surface area (Å²) >= 11 is 0. The van der Waals surface area contributed by atoms with E-state index in [0.717, 1.165) is 30.2 Å². The quantitative estimate of drug-likeness (QED) is 0.625. The van der Waals surface area contributed by atoms with Crippen LogP contribution in [0.1, 0.15) is 12.8 Å². The first-order valence-electron chi connectivity index (χ1n) is 5.50. The van der Waals surface area contributed by atoms with Gasteiger partial charge >= 0.3 is 5.97 Å². The summed E-state index contributed by atoms with van der Waals surface area (Å²) in [5.41, 5.74) is 0.958. The van der Waals surface area contributed by atoms with E-state index in [2.05, 4.69) is 10.1 Å². The zero-order valence-corrected chi connectivity index (χ0v) is 9.69. The van der Waals surface area contributed by atoms with Crippen LogP contribution in [0.5, 0.6) is 11.5 Å². The molecule has 0 amide bonds. The molecule has 17 heavy (non-hydrogen) atoms. The van der Waals surface area contributed by atoms with Gasteiger partial charge in [0.25, 0.3) is 0 Å². The Hall–Kier alpha value is -1.91. The number of carbonyl (C=O) groups is 1. The van der Waals surface area contributed by atoms with Gasteiger partial charge in [0.1, 0.15) is 0 Å². The molecule has 5 nitrogen and oxygen atoms in total. The third kappa shape index (κ3) is 3.03. The molecule has 0 aromatic heterocycles. The first-order valence-corrected chi connectivity index (χ1v) is 5.50. The van der Waals surface area contributed by atoms with Crippen LogP contribution in [0.2, 0.25) is 0 Å². The zero-order chi connectivity index (χ0) is 12.1. The second-order valence-corrected chi connectivity index (χ2v) is 3.67. The third-order valence-electron chi connectivity index (χ3n) is 2.49. The Morgan fingerprint density at radius 1 is 1.41 bits per heavy atom. The Balaban J connectivity index is 1.78. The predicted octanol–water partition coefficient (Wildman–Crippen LogP) is 1.78. The average molecular weight is 237 g/mol. The molecule has 0 aliphatic carbocycles. The molecule has 0 saturated heterocycles. The molecule has 0 spiro atoms. The fourth-order valence-corrected chi connectivity index (χ4v) is 1.57. The molecule has 0 bridgehead atoms. The van der Waals surface area contributed by atoms with Gasteiger partial charge in [-0.1, -0.05) is 0 Å². The van der Waals surface area contributed by atoms with Crippen LogP contribution in [0.4, 0.5) is 5.69 Å². The number of anilines is 1. The van der Waals surface area contributed by atoms with E-state index in [-0.39, 0.29) is 12.8 Å². The summed E-state index contributed by atoms with van der Waals surface area (Å²) in [6.45, 7) is 0.996. The van der Waals surface area contributed by atoms with Crippen LogP contribution < -0.4 is 14.8 Å². The maximum absolute atomic E-state index is 10.9. The van der Waals surface area contributed by atoms with Crippen LogP contribution in [0.3, 0.4) is 0 Å². The molecule has 1 aliphatic heterocycles. The highest BCUT2D eigenvalue weighted by Gasteiger charge is 2.12. The van der Waals surface area contributed by atoms with Gasteiger partial charge in [0.15, 0.2) is 11.5 Å². The minimum Gasteiger partial charge on any atom is -0.469 e. The van der Waals surface area contributed by atoms with Crippen LogP contribution in [0.25, 0.3) is 0 Å². The van der Waals surface area contributed by atoms with Gasteiger partial charge in [-0.15, -0.1) is 0 Å². The fourth-order valence-electron chi connectivity index (χ4n) is 1.57. The summed E-state index contributed by atoms with van der Waals surface area (Å²) in [6.07, 6.45) is 1.16. The summed E-state index contributed by atoms with van der Waals surface area (Å²) in [4.78, 5) is 10.9. The van der Waals surface area contributed by atoms with Crippen molar-refractivity contribution >= 4 is 11.7 Å². The maximum atomic E-state index is 10.9. The number of rotatable bonds is 5. The lowest BCUT2D eigenvalue weighted by Crippen LogP contribution is -2.06. The Bertz CT molecular complexity index is 405. The lowest BCUT2D eigenvalue weighted by molar-refractivity contribution is -0.140. The van der Waals surface area contributed by atoms with E-state index in [1.807, 2.05) is 18.2 Å². The topological polar surface area (TPSA) is 56.8 Å². The monoisotopic (exact) mass is 237 g/mol. The van der Waals surface area contributed by atoms with Crippen molar-refractivity contribution in [1.29, 1.82) is 0 Å². The first-order chi connectivity index (χ1) is 8.29. The Kier molecular flexibility index (Phi) is 3.69. The van der Waals surface area contributed by atoms with E-state index in [0.29, 0.717) is 6.42 Å². The van der Waals surface area contributed by atoms with E-state index in [4.69, 9.17) is 9.47 Å². The van der Waals surface area contributed by atoms with Crippen LogP contribution >= 0.6 is 0 Å². The molecule has 0 unspecified atom stereocenters. The number of ether oxygens (including phenoxy) is 3. The largest absolute Gasteiger partial charge is 0.469 e. The van der Waals surface area contributed by atoms with Gasteiger partial charge in [0.05, 0.1) is 7.11 Å². The molecule has 1 aromatic carbocycles. The number of hydrogen-bond acceptors (Lipinski definition) is 5. The zero-order valence-electron chi connectivity index (χ0n) is 9.69. The van der Waals surface area contributed by atoms with Crippen molar-refractivity contribution in [2.24, 2.45) is 0 Å². The molecule has 0 radical (unpaired) electrons. The minimum atomic E-state index is -0.183.